The van der Waals surface area contributed by atoms with E-state index in [9.17, 15) is 9.90 Å². The Kier molecular flexibility index (Phi) is 3.87. The zero-order valence-corrected chi connectivity index (χ0v) is 10.9. The molecular weight excluding hydrogens is 266 g/mol. The van der Waals surface area contributed by atoms with E-state index in [1.807, 2.05) is 19.1 Å². The van der Waals surface area contributed by atoms with Crippen LogP contribution in [-0.2, 0) is 0 Å². The van der Waals surface area contributed by atoms with Gasteiger partial charge in [-0.2, -0.15) is 5.10 Å². The fraction of sp³-hybridized carbons (Fsp3) is 0.0769. The van der Waals surface area contributed by atoms with Crippen molar-refractivity contribution < 1.29 is 9.90 Å². The number of aromatic carboxylic acids is 1. The first-order valence-electron chi connectivity index (χ1n) is 5.53. The van der Waals surface area contributed by atoms with Crippen LogP contribution in [0.2, 0.25) is 5.02 Å². The van der Waals surface area contributed by atoms with Crippen LogP contribution in [-0.4, -0.2) is 16.7 Å². The number of carboxylic acid groups (broad SMARTS) is 1. The standard InChI is InChI=1S/C13H12ClN3O2/c1-8(12-3-2-6-15-12)16-17-9-4-5-11(14)10(7-9)13(18)19/h2-7,15,17H,1H3,(H,18,19)/p-1/b16-8+. The molecule has 0 radical (unpaired) electrons. The number of aromatic nitrogens is 1. The number of anilines is 1. The number of nitrogens with zero attached hydrogens (tertiary/aromatic N) is 1. The lowest BCUT2D eigenvalue weighted by molar-refractivity contribution is -0.255. The van der Waals surface area contributed by atoms with Crippen molar-refractivity contribution in [2.45, 2.75) is 6.92 Å². The molecule has 6 heteroatoms. The SMILES string of the molecule is C/C(=N\Nc1ccc(Cl)c(C(=O)[O-])c1)c1ccc[nH]1. The van der Waals surface area contributed by atoms with Gasteiger partial charge in [0.25, 0.3) is 0 Å². The third kappa shape index (κ3) is 3.14. The lowest BCUT2D eigenvalue weighted by Gasteiger charge is -2.08. The van der Waals surface area contributed by atoms with Gasteiger partial charge in [-0.05, 0) is 37.3 Å². The Morgan fingerprint density at radius 1 is 1.42 bits per heavy atom. The molecular formula is C13H11ClN3O2-. The Hall–Kier alpha value is -2.27. The predicted octanol–water partition coefficient (Wildman–Crippen LogP) is 1.87. The summed E-state index contributed by atoms with van der Waals surface area (Å²) < 4.78 is 0. The minimum absolute atomic E-state index is 0.0700. The summed E-state index contributed by atoms with van der Waals surface area (Å²) in [5.74, 6) is -1.32. The van der Waals surface area contributed by atoms with Gasteiger partial charge in [-0.15, -0.1) is 0 Å². The number of H-pyrrole nitrogens is 1. The summed E-state index contributed by atoms with van der Waals surface area (Å²) in [7, 11) is 0. The second kappa shape index (κ2) is 5.58. The number of nitrogens with one attached hydrogen (secondary N) is 2. The molecule has 0 fully saturated rings. The van der Waals surface area contributed by atoms with Crippen molar-refractivity contribution >= 4 is 29.0 Å². The third-order valence-corrected chi connectivity index (χ3v) is 2.86. The molecule has 2 N–H and O–H groups in total. The molecule has 2 rings (SSSR count). The van der Waals surface area contributed by atoms with Crippen molar-refractivity contribution in [1.29, 1.82) is 0 Å². The number of carbonyl (C=O) groups is 1. The Labute approximate surface area is 114 Å². The maximum absolute atomic E-state index is 10.8. The number of halogens is 1. The number of hydrogen-bond donors (Lipinski definition) is 2. The fourth-order valence-electron chi connectivity index (χ4n) is 1.52. The van der Waals surface area contributed by atoms with E-state index in [-0.39, 0.29) is 10.6 Å². The molecule has 19 heavy (non-hydrogen) atoms. The highest BCUT2D eigenvalue weighted by Gasteiger charge is 2.03. The number of hydrazone groups is 1. The number of hydrogen-bond acceptors (Lipinski definition) is 4. The van der Waals surface area contributed by atoms with E-state index in [2.05, 4.69) is 15.5 Å². The highest BCUT2D eigenvalue weighted by Crippen LogP contribution is 2.20. The topological polar surface area (TPSA) is 80.3 Å². The largest absolute Gasteiger partial charge is 0.545 e. The van der Waals surface area contributed by atoms with E-state index < -0.39 is 5.97 Å². The molecule has 0 spiro atoms. The van der Waals surface area contributed by atoms with Gasteiger partial charge in [0.2, 0.25) is 0 Å². The molecule has 0 saturated heterocycles. The van der Waals surface area contributed by atoms with Crippen molar-refractivity contribution in [1.82, 2.24) is 4.98 Å². The van der Waals surface area contributed by atoms with Gasteiger partial charge >= 0.3 is 0 Å². The maximum Gasteiger partial charge on any atom is 0.0810 e. The maximum atomic E-state index is 10.8. The van der Waals surface area contributed by atoms with Crippen LogP contribution < -0.4 is 10.5 Å². The number of rotatable bonds is 4. The first kappa shape index (κ1) is 13.2. The normalized spacial score (nSPS) is 11.4. The van der Waals surface area contributed by atoms with Crippen LogP contribution in [0.25, 0.3) is 0 Å². The Morgan fingerprint density at radius 3 is 2.84 bits per heavy atom. The summed E-state index contributed by atoms with van der Waals surface area (Å²) >= 11 is 5.75. The molecule has 0 bridgehead atoms. The second-order valence-corrected chi connectivity index (χ2v) is 4.28. The number of carbonyl (C=O) groups excluding carboxylic acids is 1. The fourth-order valence-corrected chi connectivity index (χ4v) is 1.71. The van der Waals surface area contributed by atoms with Crippen LogP contribution in [0.5, 0.6) is 0 Å². The molecule has 0 aliphatic carbocycles. The monoisotopic (exact) mass is 276 g/mol. The van der Waals surface area contributed by atoms with Crippen LogP contribution >= 0.6 is 11.6 Å². The van der Waals surface area contributed by atoms with Crippen LogP contribution in [0.15, 0.2) is 41.6 Å². The third-order valence-electron chi connectivity index (χ3n) is 2.53. The van der Waals surface area contributed by atoms with Gasteiger partial charge in [-0.1, -0.05) is 11.6 Å². The molecule has 5 nitrogen and oxygen atoms in total. The van der Waals surface area contributed by atoms with Gasteiger partial charge < -0.3 is 14.9 Å². The van der Waals surface area contributed by atoms with E-state index in [1.165, 1.54) is 12.1 Å². The Bertz CT molecular complexity index is 621. The molecule has 1 aromatic carbocycles. The van der Waals surface area contributed by atoms with Gasteiger partial charge in [0.15, 0.2) is 0 Å². The van der Waals surface area contributed by atoms with Gasteiger partial charge in [-0.3, -0.25) is 5.43 Å². The summed E-state index contributed by atoms with van der Waals surface area (Å²) in [5.41, 5.74) is 4.85. The minimum Gasteiger partial charge on any atom is -0.545 e. The molecule has 1 heterocycles. The molecule has 0 amide bonds. The summed E-state index contributed by atoms with van der Waals surface area (Å²) in [5, 5.41) is 15.1. The Morgan fingerprint density at radius 2 is 2.21 bits per heavy atom. The van der Waals surface area contributed by atoms with Crippen molar-refractivity contribution in [2.75, 3.05) is 5.43 Å². The van der Waals surface area contributed by atoms with Crippen LogP contribution in [0.1, 0.15) is 23.0 Å². The first-order chi connectivity index (χ1) is 9.08. The Balaban J connectivity index is 2.18. The van der Waals surface area contributed by atoms with E-state index in [0.717, 1.165) is 11.4 Å². The van der Waals surface area contributed by atoms with E-state index in [0.29, 0.717) is 5.69 Å². The molecule has 98 valence electrons. The molecule has 0 unspecified atom stereocenters. The second-order valence-electron chi connectivity index (χ2n) is 3.87. The highest BCUT2D eigenvalue weighted by molar-refractivity contribution is 6.33. The molecule has 1 aromatic heterocycles. The minimum atomic E-state index is -1.32. The summed E-state index contributed by atoms with van der Waals surface area (Å²) in [4.78, 5) is 13.9. The lowest BCUT2D eigenvalue weighted by Crippen LogP contribution is -2.22. The van der Waals surface area contributed by atoms with Gasteiger partial charge in [-0.25, -0.2) is 0 Å². The quantitative estimate of drug-likeness (QED) is 0.661. The average Bonchev–Trinajstić information content (AvgIpc) is 2.91. The number of aromatic amines is 1. The summed E-state index contributed by atoms with van der Waals surface area (Å²) in [6, 6.07) is 8.25. The van der Waals surface area contributed by atoms with Crippen molar-refractivity contribution in [3.05, 3.63) is 52.8 Å². The van der Waals surface area contributed by atoms with Crippen molar-refractivity contribution in [3.63, 3.8) is 0 Å². The highest BCUT2D eigenvalue weighted by atomic mass is 35.5. The van der Waals surface area contributed by atoms with Crippen molar-refractivity contribution in [3.8, 4) is 0 Å². The lowest BCUT2D eigenvalue weighted by atomic mass is 10.2. The molecule has 0 aliphatic rings. The van der Waals surface area contributed by atoms with E-state index >= 15 is 0 Å². The summed E-state index contributed by atoms with van der Waals surface area (Å²) in [6.07, 6.45) is 1.80. The first-order valence-corrected chi connectivity index (χ1v) is 5.90. The average molecular weight is 277 g/mol. The number of carboxylic acids is 1. The van der Waals surface area contributed by atoms with Crippen molar-refractivity contribution in [2.24, 2.45) is 5.10 Å². The van der Waals surface area contributed by atoms with Crippen LogP contribution in [0, 0.1) is 0 Å². The zero-order chi connectivity index (χ0) is 13.8. The molecule has 0 saturated carbocycles. The van der Waals surface area contributed by atoms with Crippen LogP contribution in [0.3, 0.4) is 0 Å². The van der Waals surface area contributed by atoms with Crippen LogP contribution in [0.4, 0.5) is 5.69 Å². The summed E-state index contributed by atoms with van der Waals surface area (Å²) in [6.45, 7) is 1.83. The smallest absolute Gasteiger partial charge is 0.0810 e. The van der Waals surface area contributed by atoms with Gasteiger partial charge in [0.1, 0.15) is 0 Å². The number of benzene rings is 1. The molecule has 0 aliphatic heterocycles. The van der Waals surface area contributed by atoms with E-state index in [1.54, 1.807) is 12.3 Å². The molecule has 0 atom stereocenters. The van der Waals surface area contributed by atoms with E-state index in [4.69, 9.17) is 11.6 Å². The predicted molar refractivity (Wildman–Crippen MR) is 72.4 cm³/mol. The van der Waals surface area contributed by atoms with Gasteiger partial charge in [0, 0.05) is 16.8 Å². The molecule has 2 aromatic rings. The van der Waals surface area contributed by atoms with Gasteiger partial charge in [0.05, 0.1) is 23.1 Å². The zero-order valence-electron chi connectivity index (χ0n) is 10.1.